The Morgan fingerprint density at radius 3 is 2.92 bits per heavy atom. The summed E-state index contributed by atoms with van der Waals surface area (Å²) >= 11 is 1.95. The van der Waals surface area contributed by atoms with E-state index in [0.29, 0.717) is 13.2 Å². The van der Waals surface area contributed by atoms with Crippen molar-refractivity contribution in [3.05, 3.63) is 0 Å². The first kappa shape index (κ1) is 13.2. The molecule has 0 saturated heterocycles. The molecule has 13 heavy (non-hydrogen) atoms. The first-order chi connectivity index (χ1) is 6.31. The van der Waals surface area contributed by atoms with Crippen LogP contribution < -0.4 is 5.32 Å². The summed E-state index contributed by atoms with van der Waals surface area (Å²) in [6.45, 7) is 4.19. The van der Waals surface area contributed by atoms with Gasteiger partial charge in [0.25, 0.3) is 0 Å². The summed E-state index contributed by atoms with van der Waals surface area (Å²) in [6, 6.07) is 0. The molecule has 0 aromatic carbocycles. The Hall–Kier alpha value is 0.230. The van der Waals surface area contributed by atoms with Gasteiger partial charge < -0.3 is 15.2 Å². The van der Waals surface area contributed by atoms with Crippen LogP contribution in [-0.4, -0.2) is 49.5 Å². The zero-order valence-corrected chi connectivity index (χ0v) is 9.40. The maximum Gasteiger partial charge on any atom is 0.0897 e. The van der Waals surface area contributed by atoms with E-state index in [1.165, 1.54) is 11.5 Å². The molecule has 0 heterocycles. The highest BCUT2D eigenvalue weighted by atomic mass is 32.2. The van der Waals surface area contributed by atoms with E-state index in [1.807, 2.05) is 11.8 Å². The lowest BCUT2D eigenvalue weighted by Crippen LogP contribution is -2.30. The highest BCUT2D eigenvalue weighted by Gasteiger charge is 2.00. The summed E-state index contributed by atoms with van der Waals surface area (Å²) in [4.78, 5) is 0. The molecular formula is C9H21NO2S. The van der Waals surface area contributed by atoms with Crippen molar-refractivity contribution < 1.29 is 9.84 Å². The SMILES string of the molecule is CCSCCCNCC(O)COC. The number of ether oxygens (including phenoxy) is 1. The molecule has 0 aliphatic carbocycles. The molecule has 0 saturated carbocycles. The van der Waals surface area contributed by atoms with Gasteiger partial charge in [0.1, 0.15) is 0 Å². The molecule has 1 unspecified atom stereocenters. The Labute approximate surface area is 85.2 Å². The molecule has 0 spiro atoms. The summed E-state index contributed by atoms with van der Waals surface area (Å²) in [5.41, 5.74) is 0. The molecule has 0 amide bonds. The number of hydrogen-bond donors (Lipinski definition) is 2. The molecule has 0 aliphatic heterocycles. The summed E-state index contributed by atoms with van der Waals surface area (Å²) in [6.07, 6.45) is 0.793. The van der Waals surface area contributed by atoms with Gasteiger partial charge in [-0.05, 0) is 24.5 Å². The lowest BCUT2D eigenvalue weighted by atomic mass is 10.3. The van der Waals surface area contributed by atoms with Crippen LogP contribution in [0.1, 0.15) is 13.3 Å². The van der Waals surface area contributed by atoms with Gasteiger partial charge in [-0.2, -0.15) is 11.8 Å². The average molecular weight is 207 g/mol. The van der Waals surface area contributed by atoms with Crippen molar-refractivity contribution in [3.63, 3.8) is 0 Å². The molecule has 1 atom stereocenters. The van der Waals surface area contributed by atoms with Crippen LogP contribution in [0.4, 0.5) is 0 Å². The molecule has 0 aromatic heterocycles. The zero-order chi connectivity index (χ0) is 9.94. The zero-order valence-electron chi connectivity index (χ0n) is 8.58. The van der Waals surface area contributed by atoms with Crippen molar-refractivity contribution in [2.75, 3.05) is 38.3 Å². The second kappa shape index (κ2) is 10.3. The molecule has 0 fully saturated rings. The van der Waals surface area contributed by atoms with Crippen LogP contribution >= 0.6 is 11.8 Å². The fourth-order valence-electron chi connectivity index (χ4n) is 0.964. The molecule has 0 rings (SSSR count). The van der Waals surface area contributed by atoms with Gasteiger partial charge >= 0.3 is 0 Å². The van der Waals surface area contributed by atoms with Gasteiger partial charge in [-0.15, -0.1) is 0 Å². The Morgan fingerprint density at radius 1 is 1.54 bits per heavy atom. The minimum atomic E-state index is -0.371. The van der Waals surface area contributed by atoms with Gasteiger partial charge in [0, 0.05) is 13.7 Å². The quantitative estimate of drug-likeness (QED) is 0.547. The van der Waals surface area contributed by atoms with Crippen LogP contribution in [0.2, 0.25) is 0 Å². The highest BCUT2D eigenvalue weighted by Crippen LogP contribution is 1.99. The maximum absolute atomic E-state index is 9.26. The third-order valence-electron chi connectivity index (χ3n) is 1.59. The van der Waals surface area contributed by atoms with Crippen molar-refractivity contribution >= 4 is 11.8 Å². The Morgan fingerprint density at radius 2 is 2.31 bits per heavy atom. The lowest BCUT2D eigenvalue weighted by Gasteiger charge is -2.10. The standard InChI is InChI=1S/C9H21NO2S/c1-3-13-6-4-5-10-7-9(11)8-12-2/h9-11H,3-8H2,1-2H3. The molecule has 80 valence electrons. The Balaban J connectivity index is 2.97. The smallest absolute Gasteiger partial charge is 0.0897 e. The van der Waals surface area contributed by atoms with E-state index in [0.717, 1.165) is 13.0 Å². The maximum atomic E-state index is 9.26. The normalized spacial score (nSPS) is 13.2. The summed E-state index contributed by atoms with van der Waals surface area (Å²) in [5.74, 6) is 2.39. The number of hydrogen-bond acceptors (Lipinski definition) is 4. The fraction of sp³-hybridized carbons (Fsp3) is 1.00. The second-order valence-electron chi connectivity index (χ2n) is 2.86. The van der Waals surface area contributed by atoms with Crippen molar-refractivity contribution in [2.24, 2.45) is 0 Å². The van der Waals surface area contributed by atoms with E-state index < -0.39 is 0 Å². The number of nitrogens with one attached hydrogen (secondary N) is 1. The largest absolute Gasteiger partial charge is 0.389 e. The molecular weight excluding hydrogens is 186 g/mol. The summed E-state index contributed by atoms with van der Waals surface area (Å²) in [5, 5.41) is 12.4. The molecule has 0 aromatic rings. The van der Waals surface area contributed by atoms with Gasteiger partial charge in [-0.3, -0.25) is 0 Å². The van der Waals surface area contributed by atoms with E-state index in [1.54, 1.807) is 7.11 Å². The number of methoxy groups -OCH3 is 1. The van der Waals surface area contributed by atoms with Crippen LogP contribution in [0.25, 0.3) is 0 Å². The van der Waals surface area contributed by atoms with E-state index in [-0.39, 0.29) is 6.10 Å². The highest BCUT2D eigenvalue weighted by molar-refractivity contribution is 7.99. The van der Waals surface area contributed by atoms with Crippen LogP contribution in [-0.2, 0) is 4.74 Å². The van der Waals surface area contributed by atoms with Gasteiger partial charge in [-0.1, -0.05) is 6.92 Å². The Kier molecular flexibility index (Phi) is 10.5. The first-order valence-electron chi connectivity index (χ1n) is 4.76. The minimum absolute atomic E-state index is 0.371. The van der Waals surface area contributed by atoms with Crippen LogP contribution in [0.3, 0.4) is 0 Å². The van der Waals surface area contributed by atoms with Crippen molar-refractivity contribution in [1.82, 2.24) is 5.32 Å². The van der Waals surface area contributed by atoms with Crippen molar-refractivity contribution in [2.45, 2.75) is 19.4 Å². The van der Waals surface area contributed by atoms with E-state index in [9.17, 15) is 5.11 Å². The summed E-state index contributed by atoms with van der Waals surface area (Å²) in [7, 11) is 1.60. The number of aliphatic hydroxyl groups excluding tert-OH is 1. The Bertz CT molecular complexity index is 104. The van der Waals surface area contributed by atoms with Gasteiger partial charge in [-0.25, -0.2) is 0 Å². The van der Waals surface area contributed by atoms with Crippen LogP contribution in [0.15, 0.2) is 0 Å². The molecule has 0 aliphatic rings. The van der Waals surface area contributed by atoms with Gasteiger partial charge in [0.15, 0.2) is 0 Å². The fourth-order valence-corrected chi connectivity index (χ4v) is 1.60. The van der Waals surface area contributed by atoms with Gasteiger partial charge in [0.05, 0.1) is 12.7 Å². The molecule has 4 heteroatoms. The minimum Gasteiger partial charge on any atom is -0.389 e. The number of rotatable bonds is 9. The van der Waals surface area contributed by atoms with Crippen molar-refractivity contribution in [3.8, 4) is 0 Å². The number of thioether (sulfide) groups is 1. The average Bonchev–Trinajstić information content (AvgIpc) is 2.11. The van der Waals surface area contributed by atoms with Crippen LogP contribution in [0.5, 0.6) is 0 Å². The van der Waals surface area contributed by atoms with Gasteiger partial charge in [0.2, 0.25) is 0 Å². The molecule has 0 radical (unpaired) electrons. The van der Waals surface area contributed by atoms with Crippen LogP contribution in [0, 0.1) is 0 Å². The van der Waals surface area contributed by atoms with Crippen molar-refractivity contribution in [1.29, 1.82) is 0 Å². The molecule has 2 N–H and O–H groups in total. The van der Waals surface area contributed by atoms with E-state index in [2.05, 4.69) is 12.2 Å². The topological polar surface area (TPSA) is 41.5 Å². The first-order valence-corrected chi connectivity index (χ1v) is 5.92. The third-order valence-corrected chi connectivity index (χ3v) is 2.57. The van der Waals surface area contributed by atoms with E-state index in [4.69, 9.17) is 4.74 Å². The monoisotopic (exact) mass is 207 g/mol. The second-order valence-corrected chi connectivity index (χ2v) is 4.26. The molecule has 3 nitrogen and oxygen atoms in total. The predicted molar refractivity (Wildman–Crippen MR) is 58.4 cm³/mol. The third kappa shape index (κ3) is 10.1. The van der Waals surface area contributed by atoms with E-state index >= 15 is 0 Å². The predicted octanol–water partition coefficient (Wildman–Crippen LogP) is 0.727. The molecule has 0 bridgehead atoms. The summed E-state index contributed by atoms with van der Waals surface area (Å²) < 4.78 is 4.81. The number of aliphatic hydroxyl groups is 1. The lowest BCUT2D eigenvalue weighted by molar-refractivity contribution is 0.0647.